The molecule has 23 rings (SSSR count). The second kappa shape index (κ2) is 28.8. The number of H-pyrrole nitrogens is 1. The Kier molecular flexibility index (Phi) is 17.0. The van der Waals surface area contributed by atoms with Gasteiger partial charge in [-0.1, -0.05) is 303 Å². The van der Waals surface area contributed by atoms with Gasteiger partial charge in [-0.15, -0.1) is 0 Å². The van der Waals surface area contributed by atoms with E-state index >= 15 is 0 Å². The minimum absolute atomic E-state index is 0.118. The summed E-state index contributed by atoms with van der Waals surface area (Å²) in [5, 5.41) is 11.8. The fourth-order valence-corrected chi connectivity index (χ4v) is 16.7. The second-order valence-electron chi connectivity index (χ2n) is 28.6. The summed E-state index contributed by atoms with van der Waals surface area (Å²) >= 11 is 0. The zero-order valence-electron chi connectivity index (χ0n) is 62.3. The molecule has 15 heteroatoms. The van der Waals surface area contributed by atoms with Crippen LogP contribution in [-0.4, -0.2) is 53.2 Å². The lowest BCUT2D eigenvalue weighted by atomic mass is 10.0. The van der Waals surface area contributed by atoms with Crippen molar-refractivity contribution in [2.45, 2.75) is 0 Å². The third-order valence-electron chi connectivity index (χ3n) is 21.9. The molecule has 0 saturated carbocycles. The maximum atomic E-state index is 14.3. The molecule has 0 unspecified atom stereocenters. The Balaban J connectivity index is 0.000000169. The molecule has 117 heavy (non-hydrogen) atoms. The van der Waals surface area contributed by atoms with Gasteiger partial charge in [0.2, 0.25) is 0 Å². The molecular formula is C102H63F4N11. The van der Waals surface area contributed by atoms with Gasteiger partial charge in [0.05, 0.1) is 78.0 Å². The van der Waals surface area contributed by atoms with E-state index in [1.54, 1.807) is 60.7 Å². The molecule has 23 aromatic rings. The van der Waals surface area contributed by atoms with Crippen molar-refractivity contribution in [3.63, 3.8) is 0 Å². The van der Waals surface area contributed by atoms with Crippen molar-refractivity contribution < 1.29 is 17.6 Å². The first-order valence-corrected chi connectivity index (χ1v) is 38.4. The van der Waals surface area contributed by atoms with Gasteiger partial charge in [-0.25, -0.2) is 47.5 Å². The van der Waals surface area contributed by atoms with Crippen molar-refractivity contribution in [1.82, 2.24) is 53.2 Å². The third kappa shape index (κ3) is 11.8. The fourth-order valence-electron chi connectivity index (χ4n) is 16.7. The Bertz CT molecular complexity index is 7170. The van der Waals surface area contributed by atoms with Crippen LogP contribution in [0.3, 0.4) is 0 Å². The average Bonchev–Trinajstić information content (AvgIpc) is 1.56. The highest BCUT2D eigenvalue weighted by Crippen LogP contribution is 2.50. The number of hydrogen-bond donors (Lipinski definition) is 1. The first-order valence-electron chi connectivity index (χ1n) is 38.4. The molecule has 0 radical (unpaired) electrons. The van der Waals surface area contributed by atoms with Crippen LogP contribution in [0.15, 0.2) is 376 Å². The first-order chi connectivity index (χ1) is 57.8. The van der Waals surface area contributed by atoms with E-state index in [1.165, 1.54) is 21.8 Å². The molecule has 554 valence electrons. The zero-order chi connectivity index (χ0) is 78.2. The number of rotatable bonds is 10. The van der Waals surface area contributed by atoms with E-state index in [2.05, 4.69) is 335 Å². The topological polar surface area (TPSA) is 113 Å². The molecule has 0 atom stereocenters. The summed E-state index contributed by atoms with van der Waals surface area (Å²) in [5.74, 6) is -4.77. The quantitative estimate of drug-likeness (QED) is 0.108. The Morgan fingerprint density at radius 3 is 0.684 bits per heavy atom. The van der Waals surface area contributed by atoms with Gasteiger partial charge >= 0.3 is 0 Å². The van der Waals surface area contributed by atoms with Crippen LogP contribution in [0.25, 0.3) is 200 Å². The summed E-state index contributed by atoms with van der Waals surface area (Å²) in [4.78, 5) is 32.8. The van der Waals surface area contributed by atoms with Crippen LogP contribution in [0.5, 0.6) is 0 Å². The minimum Gasteiger partial charge on any atom is -0.355 e. The van der Waals surface area contributed by atoms with Crippen molar-refractivity contribution in [2.24, 2.45) is 0 Å². The van der Waals surface area contributed by atoms with Crippen molar-refractivity contribution in [3.8, 4) is 91.1 Å². The SMILES string of the molecule is Fc1cc(F)c(F)c(-c2nc(-c3ccccc3)nc(-c3ccccc3)n2)c1F.c1ccc(-c2nc(-c3ccccc3)nc(-c3c(-n4c5ccccc5c5ccccc54)c(-n4c5ccccc5c5ccccc54)cc(-n4c5ccccc5c5ccccc54)c3-n3c4ccccc4c4ccccc43)n2)cc1.c1ccc2c(c1)[nH]c1ccccc12. The number of nitrogens with zero attached hydrogens (tertiary/aromatic N) is 10. The summed E-state index contributed by atoms with van der Waals surface area (Å²) in [5.41, 5.74) is 17.5. The van der Waals surface area contributed by atoms with Gasteiger partial charge in [0.25, 0.3) is 0 Å². The van der Waals surface area contributed by atoms with Gasteiger partial charge in [-0.2, -0.15) is 0 Å². The molecule has 7 aromatic heterocycles. The van der Waals surface area contributed by atoms with E-state index in [0.717, 1.165) is 127 Å². The number of halogens is 4. The van der Waals surface area contributed by atoms with Crippen LogP contribution >= 0.6 is 0 Å². The molecule has 0 saturated heterocycles. The minimum atomic E-state index is -1.57. The molecule has 0 bridgehead atoms. The molecule has 0 aliphatic heterocycles. The van der Waals surface area contributed by atoms with E-state index in [4.69, 9.17) is 15.0 Å². The van der Waals surface area contributed by atoms with Crippen LogP contribution in [0.1, 0.15) is 0 Å². The van der Waals surface area contributed by atoms with Gasteiger partial charge in [0, 0.05) is 93.2 Å². The standard InChI is InChI=1S/C69H43N7.C21H11F4N3.C12H9N/c1-3-23-44(24-4-1)67-70-68(45-25-5-2-6-26-45)72-69(71-67)64-65(75-58-39-19-11-31-50(58)51-32-12-20-40-59(51)75)62(73-54-35-15-7-27-46(54)47-28-8-16-36-55(47)73)43-63(74-56-37-17-9-29-48(56)49-30-10-18-38-57(49)74)66(64)76-60-41-21-13-33-52(60)53-34-14-22-42-61(53)76;22-14-11-15(23)18(25)16(17(14)24)21-27-19(12-7-3-1-4-8-12)26-20(28-21)13-9-5-2-6-10-13;1-3-7-11-9(5-1)10-6-2-4-8-12(10)13-11/h1-43H;1-11H;1-8,13H. The number of aromatic amines is 1. The Morgan fingerprint density at radius 1 is 0.197 bits per heavy atom. The molecule has 0 fully saturated rings. The highest BCUT2D eigenvalue weighted by atomic mass is 19.2. The molecule has 0 aliphatic carbocycles. The van der Waals surface area contributed by atoms with E-state index in [9.17, 15) is 17.6 Å². The van der Waals surface area contributed by atoms with Crippen LogP contribution < -0.4 is 0 Å². The smallest absolute Gasteiger partial charge is 0.173 e. The second-order valence-corrected chi connectivity index (χ2v) is 28.6. The molecule has 1 N–H and O–H groups in total. The molecule has 0 spiro atoms. The zero-order valence-corrected chi connectivity index (χ0v) is 62.3. The normalized spacial score (nSPS) is 11.6. The fraction of sp³-hybridized carbons (Fsp3) is 0. The lowest BCUT2D eigenvalue weighted by Gasteiger charge is -2.27. The van der Waals surface area contributed by atoms with Crippen LogP contribution in [-0.2, 0) is 0 Å². The number of benzene rings is 16. The lowest BCUT2D eigenvalue weighted by molar-refractivity contribution is 0.457. The lowest BCUT2D eigenvalue weighted by Crippen LogP contribution is -2.14. The predicted molar refractivity (Wildman–Crippen MR) is 465 cm³/mol. The van der Waals surface area contributed by atoms with E-state index in [1.807, 2.05) is 12.1 Å². The monoisotopic (exact) mass is 1520 g/mol. The molecule has 0 aliphatic rings. The summed E-state index contributed by atoms with van der Waals surface area (Å²) in [7, 11) is 0. The average molecular weight is 1520 g/mol. The highest BCUT2D eigenvalue weighted by molar-refractivity contribution is 6.16. The summed E-state index contributed by atoms with van der Waals surface area (Å²) < 4.78 is 66.0. The predicted octanol–water partition coefficient (Wildman–Crippen LogP) is 26.0. The molecule has 11 nitrogen and oxygen atoms in total. The van der Waals surface area contributed by atoms with Gasteiger partial charge < -0.3 is 23.3 Å². The molecule has 16 aromatic carbocycles. The molecule has 7 heterocycles. The Morgan fingerprint density at radius 2 is 0.410 bits per heavy atom. The largest absolute Gasteiger partial charge is 0.355 e. The number of para-hydroxylation sites is 10. The van der Waals surface area contributed by atoms with E-state index < -0.39 is 34.7 Å². The number of aromatic nitrogens is 11. The van der Waals surface area contributed by atoms with Crippen LogP contribution in [0.4, 0.5) is 17.6 Å². The maximum absolute atomic E-state index is 14.3. The Hall–Kier alpha value is -15.7. The van der Waals surface area contributed by atoms with E-state index in [0.29, 0.717) is 28.6 Å². The van der Waals surface area contributed by atoms with E-state index in [-0.39, 0.29) is 17.7 Å². The van der Waals surface area contributed by atoms with Gasteiger partial charge in [0.1, 0.15) is 0 Å². The number of fused-ring (bicyclic) bond motifs is 15. The third-order valence-corrected chi connectivity index (χ3v) is 21.9. The van der Waals surface area contributed by atoms with Crippen molar-refractivity contribution in [3.05, 3.63) is 399 Å². The first kappa shape index (κ1) is 69.2. The summed E-state index contributed by atoms with van der Waals surface area (Å²) in [6.45, 7) is 0. The van der Waals surface area contributed by atoms with Crippen molar-refractivity contribution >= 4 is 109 Å². The summed E-state index contributed by atoms with van der Waals surface area (Å²) in [6.07, 6.45) is 0. The molecular weight excluding hydrogens is 1460 g/mol. The maximum Gasteiger partial charge on any atom is 0.173 e. The van der Waals surface area contributed by atoms with Crippen molar-refractivity contribution in [1.29, 1.82) is 0 Å². The Labute approximate surface area is 666 Å². The highest BCUT2D eigenvalue weighted by Gasteiger charge is 2.34. The van der Waals surface area contributed by atoms with Gasteiger partial charge in [-0.05, 0) is 66.7 Å². The van der Waals surface area contributed by atoms with Crippen molar-refractivity contribution in [2.75, 3.05) is 0 Å². The number of hydrogen-bond acceptors (Lipinski definition) is 6. The van der Waals surface area contributed by atoms with Crippen LogP contribution in [0.2, 0.25) is 0 Å². The van der Waals surface area contributed by atoms with Gasteiger partial charge in [0.15, 0.2) is 58.2 Å². The molecule has 0 amide bonds. The summed E-state index contributed by atoms with van der Waals surface area (Å²) in [6, 6.07) is 128. The van der Waals surface area contributed by atoms with Crippen LogP contribution in [0, 0.1) is 23.3 Å². The van der Waals surface area contributed by atoms with Gasteiger partial charge in [-0.3, -0.25) is 0 Å². The number of nitrogens with one attached hydrogen (secondary N) is 1.